The Balaban J connectivity index is 1.78. The summed E-state index contributed by atoms with van der Waals surface area (Å²) in [5, 5.41) is 80.9. The first-order chi connectivity index (χ1) is 32.1. The molecular formula is C45H67N9O14. The summed E-state index contributed by atoms with van der Waals surface area (Å²) in [5.74, 6) is -8.74. The summed E-state index contributed by atoms with van der Waals surface area (Å²) < 4.78 is 0. The van der Waals surface area contributed by atoms with Crippen LogP contribution in [0.3, 0.4) is 0 Å². The lowest BCUT2D eigenvalue weighted by Crippen LogP contribution is -2.63. The monoisotopic (exact) mass is 957 g/mol. The molecule has 1 aliphatic rings. The number of nitrogens with two attached hydrogens (primary N) is 1. The molecule has 16 N–H and O–H groups in total. The van der Waals surface area contributed by atoms with E-state index in [1.165, 1.54) is 55.5 Å². The molecule has 0 bridgehead atoms. The maximum atomic E-state index is 13.9. The van der Waals surface area contributed by atoms with Crippen molar-refractivity contribution in [2.24, 2.45) is 11.7 Å². The number of carbonyl (C=O) groups excluding carboxylic acids is 7. The van der Waals surface area contributed by atoms with Crippen molar-refractivity contribution >= 4 is 47.3 Å². The quantitative estimate of drug-likeness (QED) is 0.0389. The third-order valence-corrected chi connectivity index (χ3v) is 11.1. The Morgan fingerprint density at radius 3 is 1.50 bits per heavy atom. The van der Waals surface area contributed by atoms with Crippen LogP contribution in [0.2, 0.25) is 0 Å². The minimum atomic E-state index is -1.77. The average molecular weight is 958 g/mol. The number of phenolic OH excluding ortho intramolecular Hbond substituents is 2. The van der Waals surface area contributed by atoms with Crippen LogP contribution in [0.4, 0.5) is 0 Å². The maximum absolute atomic E-state index is 13.9. The molecule has 2 aromatic carbocycles. The molecule has 1 heterocycles. The minimum Gasteiger partial charge on any atom is -0.508 e. The molecule has 0 radical (unpaired) electrons. The summed E-state index contributed by atoms with van der Waals surface area (Å²) >= 11 is 0. The van der Waals surface area contributed by atoms with Gasteiger partial charge in [-0.3, -0.25) is 33.6 Å². The molecule has 1 aliphatic heterocycles. The summed E-state index contributed by atoms with van der Waals surface area (Å²) in [7, 11) is 0. The van der Waals surface area contributed by atoms with Crippen molar-refractivity contribution in [1.29, 1.82) is 0 Å². The molecule has 0 saturated carbocycles. The zero-order valence-electron chi connectivity index (χ0n) is 38.6. The molecule has 23 heteroatoms. The number of unbranched alkanes of at least 4 members (excludes halogenated alkanes) is 1. The SMILES string of the molecule is CC(C)C(NC(=O)C(NC(=O)C(CCCCN)NC(=O)C1CCCN1)C(C)O)C(=O)NC(CO)C(=O)NC(Cc1ccc(O)cc1)C(=O)NC(C(=O)NC(Cc1ccc(O)cc1)C(=O)O)C(C)O. The fourth-order valence-corrected chi connectivity index (χ4v) is 7.17. The Morgan fingerprint density at radius 2 is 1.04 bits per heavy atom. The summed E-state index contributed by atoms with van der Waals surface area (Å²) in [5.41, 5.74) is 6.44. The van der Waals surface area contributed by atoms with Crippen LogP contribution in [0.5, 0.6) is 11.5 Å². The highest BCUT2D eigenvalue weighted by molar-refractivity contribution is 5.98. The fourth-order valence-electron chi connectivity index (χ4n) is 7.17. The number of amides is 7. The Bertz CT molecular complexity index is 2010. The van der Waals surface area contributed by atoms with Crippen molar-refractivity contribution < 1.29 is 69.0 Å². The molecule has 0 aliphatic carbocycles. The van der Waals surface area contributed by atoms with E-state index in [2.05, 4.69) is 42.5 Å². The first-order valence-electron chi connectivity index (χ1n) is 22.5. The lowest BCUT2D eigenvalue weighted by Gasteiger charge is -2.29. The Kier molecular flexibility index (Phi) is 22.6. The summed E-state index contributed by atoms with van der Waals surface area (Å²) in [6.45, 7) is 5.44. The number of aliphatic hydroxyl groups is 3. The van der Waals surface area contributed by atoms with Crippen LogP contribution in [0.1, 0.15) is 70.9 Å². The number of hydrogen-bond acceptors (Lipinski definition) is 15. The zero-order chi connectivity index (χ0) is 50.7. The molecule has 7 amide bonds. The van der Waals surface area contributed by atoms with Gasteiger partial charge < -0.3 is 78.9 Å². The van der Waals surface area contributed by atoms with E-state index >= 15 is 0 Å². The number of aromatic hydroxyl groups is 2. The smallest absolute Gasteiger partial charge is 0.326 e. The molecule has 1 saturated heterocycles. The van der Waals surface area contributed by atoms with E-state index in [1.54, 1.807) is 13.8 Å². The zero-order valence-corrected chi connectivity index (χ0v) is 38.6. The Labute approximate surface area is 393 Å². The minimum absolute atomic E-state index is 0.0711. The largest absolute Gasteiger partial charge is 0.508 e. The second-order valence-corrected chi connectivity index (χ2v) is 17.1. The molecule has 10 atom stereocenters. The van der Waals surface area contributed by atoms with Gasteiger partial charge in [-0.15, -0.1) is 0 Å². The number of benzene rings is 2. The van der Waals surface area contributed by atoms with Gasteiger partial charge in [-0.05, 0) is 100 Å². The van der Waals surface area contributed by atoms with Crippen LogP contribution in [0.25, 0.3) is 0 Å². The van der Waals surface area contributed by atoms with Crippen molar-refractivity contribution in [1.82, 2.24) is 42.5 Å². The van der Waals surface area contributed by atoms with Gasteiger partial charge in [0.1, 0.15) is 53.8 Å². The average Bonchev–Trinajstić information content (AvgIpc) is 3.84. The van der Waals surface area contributed by atoms with Crippen LogP contribution < -0.4 is 48.3 Å². The molecule has 2 aromatic rings. The van der Waals surface area contributed by atoms with E-state index < -0.39 is 120 Å². The highest BCUT2D eigenvalue weighted by Gasteiger charge is 2.37. The van der Waals surface area contributed by atoms with Gasteiger partial charge in [-0.25, -0.2) is 4.79 Å². The van der Waals surface area contributed by atoms with Gasteiger partial charge in [0, 0.05) is 12.8 Å². The molecule has 0 spiro atoms. The standard InChI is InChI=1S/C45H67N9O14/c1-23(2)35(52-44(66)37(25(4)57)53-39(61)31(8-5-6-18-46)48-38(60)30-9-7-19-47-30)42(64)51-34(22-55)41(63)49-32(20-26-10-14-28(58)15-11-26)40(62)54-36(24(3)56)43(65)50-33(45(67)68)21-27-12-16-29(59)17-13-27/h10-17,23-25,30-37,47,55-59H,5-9,18-22,46H2,1-4H3,(H,48,60)(H,49,63)(H,50,65)(H,51,64)(H,52,66)(H,53,61)(H,54,62)(H,67,68). The molecule has 376 valence electrons. The molecular weight excluding hydrogens is 891 g/mol. The van der Waals surface area contributed by atoms with Gasteiger partial charge in [0.2, 0.25) is 41.4 Å². The summed E-state index contributed by atoms with van der Waals surface area (Å²) in [6, 6.07) is -0.285. The van der Waals surface area contributed by atoms with E-state index in [1.807, 2.05) is 0 Å². The van der Waals surface area contributed by atoms with Crippen LogP contribution in [0.15, 0.2) is 48.5 Å². The predicted octanol–water partition coefficient (Wildman–Crippen LogP) is -3.35. The first kappa shape index (κ1) is 55.9. The number of aliphatic carboxylic acids is 1. The lowest BCUT2D eigenvalue weighted by molar-refractivity contribution is -0.143. The first-order valence-corrected chi connectivity index (χ1v) is 22.5. The maximum Gasteiger partial charge on any atom is 0.326 e. The topological polar surface area (TPSA) is 380 Å². The van der Waals surface area contributed by atoms with Gasteiger partial charge in [-0.2, -0.15) is 0 Å². The van der Waals surface area contributed by atoms with Gasteiger partial charge in [0.25, 0.3) is 0 Å². The highest BCUT2D eigenvalue weighted by Crippen LogP contribution is 2.15. The molecule has 3 rings (SSSR count). The summed E-state index contributed by atoms with van der Waals surface area (Å²) in [4.78, 5) is 107. The molecule has 23 nitrogen and oxygen atoms in total. The van der Waals surface area contributed by atoms with E-state index in [9.17, 15) is 69.0 Å². The van der Waals surface area contributed by atoms with E-state index in [0.29, 0.717) is 43.5 Å². The predicted molar refractivity (Wildman–Crippen MR) is 244 cm³/mol. The Morgan fingerprint density at radius 1 is 0.603 bits per heavy atom. The van der Waals surface area contributed by atoms with Crippen molar-refractivity contribution in [2.45, 2.75) is 133 Å². The number of rotatable bonds is 27. The number of carboxylic acid groups (broad SMARTS) is 1. The highest BCUT2D eigenvalue weighted by atomic mass is 16.4. The third kappa shape index (κ3) is 17.7. The van der Waals surface area contributed by atoms with Crippen molar-refractivity contribution in [3.63, 3.8) is 0 Å². The number of carboxylic acids is 1. The Hall–Kier alpha value is -6.40. The lowest BCUT2D eigenvalue weighted by atomic mass is 10.0. The van der Waals surface area contributed by atoms with Gasteiger partial charge in [0.15, 0.2) is 0 Å². The molecule has 68 heavy (non-hydrogen) atoms. The summed E-state index contributed by atoms with van der Waals surface area (Å²) in [6.07, 6.45) is -1.09. The number of hydrogen-bond donors (Lipinski definition) is 15. The second kappa shape index (κ2) is 27.4. The van der Waals surface area contributed by atoms with Crippen molar-refractivity contribution in [2.75, 3.05) is 19.7 Å². The normalized spacial score (nSPS) is 17.4. The van der Waals surface area contributed by atoms with Crippen molar-refractivity contribution in [3.8, 4) is 11.5 Å². The second-order valence-electron chi connectivity index (χ2n) is 17.1. The number of phenols is 2. The van der Waals surface area contributed by atoms with E-state index in [0.717, 1.165) is 13.3 Å². The van der Waals surface area contributed by atoms with Gasteiger partial charge in [-0.1, -0.05) is 38.1 Å². The van der Waals surface area contributed by atoms with Crippen LogP contribution in [0, 0.1) is 5.92 Å². The molecule has 1 fully saturated rings. The number of nitrogens with one attached hydrogen (secondary N) is 8. The van der Waals surface area contributed by atoms with Crippen LogP contribution >= 0.6 is 0 Å². The van der Waals surface area contributed by atoms with Crippen LogP contribution in [-0.4, -0.2) is 158 Å². The van der Waals surface area contributed by atoms with Crippen LogP contribution in [-0.2, 0) is 51.2 Å². The van der Waals surface area contributed by atoms with E-state index in [-0.39, 0.29) is 30.8 Å². The van der Waals surface area contributed by atoms with Gasteiger partial charge in [0.05, 0.1) is 24.9 Å². The number of carbonyl (C=O) groups is 8. The number of aliphatic hydroxyl groups excluding tert-OH is 3. The van der Waals surface area contributed by atoms with Gasteiger partial charge >= 0.3 is 5.97 Å². The third-order valence-electron chi connectivity index (χ3n) is 11.1. The molecule has 10 unspecified atom stereocenters. The van der Waals surface area contributed by atoms with Crippen molar-refractivity contribution in [3.05, 3.63) is 59.7 Å². The molecule has 0 aromatic heterocycles. The van der Waals surface area contributed by atoms with E-state index in [4.69, 9.17) is 5.73 Å². The fraction of sp³-hybridized carbons (Fsp3) is 0.556.